The Hall–Kier alpha value is -7.02. The van der Waals surface area contributed by atoms with Crippen molar-refractivity contribution in [3.8, 4) is 44.5 Å². The van der Waals surface area contributed by atoms with Crippen molar-refractivity contribution in [1.29, 1.82) is 0 Å². The fourth-order valence-corrected chi connectivity index (χ4v) is 9.05. The van der Waals surface area contributed by atoms with Gasteiger partial charge in [0.15, 0.2) is 0 Å². The predicted molar refractivity (Wildman–Crippen MR) is 233 cm³/mol. The third kappa shape index (κ3) is 4.71. The van der Waals surface area contributed by atoms with E-state index in [9.17, 15) is 0 Å². The van der Waals surface area contributed by atoms with Crippen LogP contribution in [0, 0.1) is 0 Å². The van der Waals surface area contributed by atoms with Crippen LogP contribution in [0.3, 0.4) is 0 Å². The third-order valence-electron chi connectivity index (χ3n) is 11.4. The highest BCUT2D eigenvalue weighted by Gasteiger charge is 2.22. The summed E-state index contributed by atoms with van der Waals surface area (Å²) in [5.74, 6) is 0. The van der Waals surface area contributed by atoms with Crippen LogP contribution in [0.5, 0.6) is 0 Å². The molecule has 0 heteroatoms. The van der Waals surface area contributed by atoms with Gasteiger partial charge in [-0.25, -0.2) is 0 Å². The Morgan fingerprint density at radius 3 is 1.24 bits per heavy atom. The SMILES string of the molecule is c1ccc(-c2cccc(-c3ccc4ccccc4c3)c2-c2c3ccccc3c(-c3ccc4c5ccccc5c5ccccc5c4c3)c3ccccc23)cc1. The molecule has 11 aromatic carbocycles. The maximum absolute atomic E-state index is 2.44. The Kier molecular flexibility index (Phi) is 6.97. The van der Waals surface area contributed by atoms with E-state index in [2.05, 4.69) is 206 Å². The molecule has 11 rings (SSSR count). The van der Waals surface area contributed by atoms with Crippen molar-refractivity contribution in [2.45, 2.75) is 0 Å². The number of hydrogen-bond acceptors (Lipinski definition) is 0. The van der Waals surface area contributed by atoms with Gasteiger partial charge < -0.3 is 0 Å². The van der Waals surface area contributed by atoms with E-state index in [1.165, 1.54) is 109 Å². The summed E-state index contributed by atoms with van der Waals surface area (Å²) in [4.78, 5) is 0. The summed E-state index contributed by atoms with van der Waals surface area (Å²) >= 11 is 0. The molecule has 0 aliphatic heterocycles. The summed E-state index contributed by atoms with van der Waals surface area (Å²) < 4.78 is 0. The van der Waals surface area contributed by atoms with Crippen LogP contribution in [0.25, 0.3) is 109 Å². The molecule has 0 N–H and O–H groups in total. The van der Waals surface area contributed by atoms with Gasteiger partial charge in [-0.1, -0.05) is 194 Å². The highest BCUT2D eigenvalue weighted by molar-refractivity contribution is 6.28. The van der Waals surface area contributed by atoms with Gasteiger partial charge in [0.25, 0.3) is 0 Å². The molecule has 250 valence electrons. The number of benzene rings is 11. The molecule has 0 fully saturated rings. The molecule has 11 aromatic rings. The first-order valence-corrected chi connectivity index (χ1v) is 18.8. The third-order valence-corrected chi connectivity index (χ3v) is 11.4. The minimum absolute atomic E-state index is 1.21. The van der Waals surface area contributed by atoms with Crippen molar-refractivity contribution in [1.82, 2.24) is 0 Å². The zero-order valence-electron chi connectivity index (χ0n) is 29.6. The van der Waals surface area contributed by atoms with Crippen LogP contribution >= 0.6 is 0 Å². The lowest BCUT2D eigenvalue weighted by atomic mass is 9.80. The van der Waals surface area contributed by atoms with E-state index in [-0.39, 0.29) is 0 Å². The van der Waals surface area contributed by atoms with E-state index in [4.69, 9.17) is 0 Å². The molecule has 0 heterocycles. The van der Waals surface area contributed by atoms with Crippen molar-refractivity contribution in [3.05, 3.63) is 206 Å². The Labute approximate surface area is 314 Å². The summed E-state index contributed by atoms with van der Waals surface area (Å²) in [6.07, 6.45) is 0. The summed E-state index contributed by atoms with van der Waals surface area (Å²) in [5.41, 5.74) is 9.91. The van der Waals surface area contributed by atoms with Gasteiger partial charge >= 0.3 is 0 Å². The summed E-state index contributed by atoms with van der Waals surface area (Å²) in [6.45, 7) is 0. The zero-order chi connectivity index (χ0) is 35.6. The molecule has 0 aliphatic carbocycles. The molecule has 0 aromatic heterocycles. The molecule has 54 heavy (non-hydrogen) atoms. The molecular weight excluding hydrogens is 649 g/mol. The van der Waals surface area contributed by atoms with E-state index in [1.54, 1.807) is 0 Å². The first-order chi connectivity index (χ1) is 26.8. The van der Waals surface area contributed by atoms with E-state index >= 15 is 0 Å². The Bertz CT molecular complexity index is 3170. The lowest BCUT2D eigenvalue weighted by molar-refractivity contribution is 1.59. The second-order valence-electron chi connectivity index (χ2n) is 14.3. The van der Waals surface area contributed by atoms with Crippen LogP contribution in [0.2, 0.25) is 0 Å². The maximum atomic E-state index is 2.44. The Balaban J connectivity index is 1.26. The average Bonchev–Trinajstić information content (AvgIpc) is 3.25. The van der Waals surface area contributed by atoms with E-state index in [1.807, 2.05) is 0 Å². The fourth-order valence-electron chi connectivity index (χ4n) is 9.05. The van der Waals surface area contributed by atoms with Gasteiger partial charge in [0, 0.05) is 0 Å². The van der Waals surface area contributed by atoms with E-state index in [0.717, 1.165) is 0 Å². The Morgan fingerprint density at radius 2 is 0.630 bits per heavy atom. The van der Waals surface area contributed by atoms with Crippen LogP contribution in [-0.4, -0.2) is 0 Å². The van der Waals surface area contributed by atoms with Crippen molar-refractivity contribution in [2.24, 2.45) is 0 Å². The molecule has 0 atom stereocenters. The van der Waals surface area contributed by atoms with Crippen molar-refractivity contribution < 1.29 is 0 Å². The minimum Gasteiger partial charge on any atom is -0.0622 e. The summed E-state index contributed by atoms with van der Waals surface area (Å²) in [7, 11) is 0. The van der Waals surface area contributed by atoms with Gasteiger partial charge in [-0.2, -0.15) is 0 Å². The number of rotatable bonds is 4. The Morgan fingerprint density at radius 1 is 0.185 bits per heavy atom. The van der Waals surface area contributed by atoms with Gasteiger partial charge in [-0.3, -0.25) is 0 Å². The van der Waals surface area contributed by atoms with Crippen LogP contribution in [0.1, 0.15) is 0 Å². The van der Waals surface area contributed by atoms with Crippen molar-refractivity contribution in [2.75, 3.05) is 0 Å². The monoisotopic (exact) mass is 682 g/mol. The highest BCUT2D eigenvalue weighted by Crippen LogP contribution is 2.50. The van der Waals surface area contributed by atoms with Crippen molar-refractivity contribution in [3.63, 3.8) is 0 Å². The van der Waals surface area contributed by atoms with Gasteiger partial charge in [-0.05, 0) is 121 Å². The predicted octanol–water partition coefficient (Wildman–Crippen LogP) is 15.3. The highest BCUT2D eigenvalue weighted by atomic mass is 14.3. The molecule has 0 nitrogen and oxygen atoms in total. The van der Waals surface area contributed by atoms with E-state index in [0.29, 0.717) is 0 Å². The fraction of sp³-hybridized carbons (Fsp3) is 0. The largest absolute Gasteiger partial charge is 0.0622 e. The topological polar surface area (TPSA) is 0 Å². The lowest BCUT2D eigenvalue weighted by Gasteiger charge is -2.22. The smallest absolute Gasteiger partial charge is 0.00139 e. The van der Waals surface area contributed by atoms with Crippen LogP contribution in [-0.2, 0) is 0 Å². The average molecular weight is 683 g/mol. The second kappa shape index (κ2) is 12.3. The molecule has 0 aliphatic rings. The first kappa shape index (κ1) is 30.6. The molecule has 0 radical (unpaired) electrons. The normalized spacial score (nSPS) is 11.7. The van der Waals surface area contributed by atoms with Gasteiger partial charge in [-0.15, -0.1) is 0 Å². The van der Waals surface area contributed by atoms with Gasteiger partial charge in [0.2, 0.25) is 0 Å². The standard InChI is InChI=1S/C54H34/c1-2-16-36(17-3-1)40-27-14-28-41(38-30-29-35-15-4-5-18-37(35)33-38)53(40)54-49-25-12-10-23-47(49)52(48-24-11-13-26-50(48)54)39-31-32-46-44-21-7-6-19-42(44)43-20-8-9-22-45(43)51(46)34-39/h1-34H. The maximum Gasteiger partial charge on any atom is -0.00139 e. The molecule has 0 amide bonds. The summed E-state index contributed by atoms with van der Waals surface area (Å²) in [6, 6.07) is 76.2. The van der Waals surface area contributed by atoms with E-state index < -0.39 is 0 Å². The zero-order valence-corrected chi connectivity index (χ0v) is 29.6. The molecular formula is C54H34. The van der Waals surface area contributed by atoms with Crippen LogP contribution < -0.4 is 0 Å². The molecule has 0 bridgehead atoms. The molecule has 0 unspecified atom stereocenters. The number of fused-ring (bicyclic) bond motifs is 9. The molecule has 0 spiro atoms. The minimum atomic E-state index is 1.21. The second-order valence-corrected chi connectivity index (χ2v) is 14.3. The van der Waals surface area contributed by atoms with Crippen LogP contribution in [0.15, 0.2) is 206 Å². The quantitative estimate of drug-likeness (QED) is 0.128. The van der Waals surface area contributed by atoms with Gasteiger partial charge in [0.05, 0.1) is 0 Å². The van der Waals surface area contributed by atoms with Crippen molar-refractivity contribution >= 4 is 64.6 Å². The molecule has 0 saturated heterocycles. The number of hydrogen-bond donors (Lipinski definition) is 0. The summed E-state index contributed by atoms with van der Waals surface area (Å²) in [5, 5.41) is 15.2. The molecule has 0 saturated carbocycles. The first-order valence-electron chi connectivity index (χ1n) is 18.8. The van der Waals surface area contributed by atoms with Crippen LogP contribution in [0.4, 0.5) is 0 Å². The van der Waals surface area contributed by atoms with Gasteiger partial charge in [0.1, 0.15) is 0 Å². The lowest BCUT2D eigenvalue weighted by Crippen LogP contribution is -1.95.